The Kier molecular flexibility index (Phi) is 6.91. The molecule has 0 bridgehead atoms. The Hall–Kier alpha value is -2.27. The van der Waals surface area contributed by atoms with Gasteiger partial charge in [0.1, 0.15) is 5.75 Å². The number of amides is 1. The first-order valence-corrected chi connectivity index (χ1v) is 12.6. The van der Waals surface area contributed by atoms with Crippen LogP contribution < -0.4 is 10.6 Å². The zero-order valence-electron chi connectivity index (χ0n) is 17.3. The van der Waals surface area contributed by atoms with Crippen molar-refractivity contribution in [2.24, 2.45) is 0 Å². The van der Waals surface area contributed by atoms with Crippen LogP contribution in [-0.4, -0.2) is 70.6 Å². The number of thioether (sulfide) groups is 1. The van der Waals surface area contributed by atoms with E-state index in [0.29, 0.717) is 28.7 Å². The minimum Gasteiger partial charge on any atom is -0.496 e. The van der Waals surface area contributed by atoms with E-state index in [1.54, 1.807) is 18.1 Å². The van der Waals surface area contributed by atoms with Gasteiger partial charge in [-0.1, -0.05) is 30.8 Å². The zero-order chi connectivity index (χ0) is 21.9. The Morgan fingerprint density at radius 1 is 1.40 bits per heavy atom. The van der Waals surface area contributed by atoms with E-state index in [1.165, 1.54) is 16.4 Å². The zero-order valence-corrected chi connectivity index (χ0v) is 18.9. The van der Waals surface area contributed by atoms with Gasteiger partial charge < -0.3 is 15.5 Å². The van der Waals surface area contributed by atoms with Crippen LogP contribution in [0.25, 0.3) is 11.4 Å². The molecule has 1 aromatic carbocycles. The summed E-state index contributed by atoms with van der Waals surface area (Å²) in [6, 6.07) is 7.01. The van der Waals surface area contributed by atoms with Gasteiger partial charge in [-0.3, -0.25) is 4.79 Å². The molecule has 0 aliphatic carbocycles. The van der Waals surface area contributed by atoms with Gasteiger partial charge in [-0.25, -0.2) is 13.1 Å². The molecule has 1 aromatic heterocycles. The molecule has 0 unspecified atom stereocenters. The van der Waals surface area contributed by atoms with Crippen molar-refractivity contribution in [2.45, 2.75) is 43.9 Å². The molecule has 164 valence electrons. The van der Waals surface area contributed by atoms with Crippen molar-refractivity contribution in [2.75, 3.05) is 30.2 Å². The monoisotopic (exact) mass is 453 g/mol. The minimum absolute atomic E-state index is 0.0266. The Bertz CT molecular complexity index is 1010. The maximum atomic E-state index is 13.0. The van der Waals surface area contributed by atoms with Crippen molar-refractivity contribution in [3.05, 3.63) is 24.3 Å². The van der Waals surface area contributed by atoms with Gasteiger partial charge in [0.2, 0.25) is 11.1 Å². The van der Waals surface area contributed by atoms with Gasteiger partial charge in [0.15, 0.2) is 15.7 Å². The summed E-state index contributed by atoms with van der Waals surface area (Å²) in [6.45, 7) is 3.93. The van der Waals surface area contributed by atoms with Crippen molar-refractivity contribution >= 4 is 27.5 Å². The fourth-order valence-electron chi connectivity index (χ4n) is 3.59. The van der Waals surface area contributed by atoms with E-state index in [-0.39, 0.29) is 35.2 Å². The largest absolute Gasteiger partial charge is 0.496 e. The maximum absolute atomic E-state index is 13.0. The number of benzene rings is 1. The molecule has 1 fully saturated rings. The number of methoxy groups -OCH3 is 1. The molecule has 0 radical (unpaired) electrons. The van der Waals surface area contributed by atoms with Crippen LogP contribution in [0.1, 0.15) is 26.7 Å². The Labute approximate surface area is 180 Å². The van der Waals surface area contributed by atoms with Gasteiger partial charge in [-0.05, 0) is 31.9 Å². The van der Waals surface area contributed by atoms with Crippen LogP contribution in [0.3, 0.4) is 0 Å². The highest BCUT2D eigenvalue weighted by molar-refractivity contribution is 7.99. The fraction of sp³-hybridized carbons (Fsp3) is 0.526. The third-order valence-electron chi connectivity index (χ3n) is 5.29. The lowest BCUT2D eigenvalue weighted by Gasteiger charge is -2.33. The summed E-state index contributed by atoms with van der Waals surface area (Å²) in [7, 11) is -1.52. The second kappa shape index (κ2) is 9.25. The number of ether oxygens (including phenoxy) is 1. The summed E-state index contributed by atoms with van der Waals surface area (Å²) in [4.78, 5) is 14.7. The first-order valence-electron chi connectivity index (χ1n) is 9.75. The van der Waals surface area contributed by atoms with Gasteiger partial charge >= 0.3 is 0 Å². The molecule has 0 saturated carbocycles. The summed E-state index contributed by atoms with van der Waals surface area (Å²) < 4.78 is 30.5. The van der Waals surface area contributed by atoms with E-state index in [9.17, 15) is 13.2 Å². The molecule has 2 aromatic rings. The number of para-hydroxylation sites is 1. The first-order chi connectivity index (χ1) is 14.3. The van der Waals surface area contributed by atoms with E-state index in [2.05, 4.69) is 10.2 Å². The lowest BCUT2D eigenvalue weighted by molar-refractivity contribution is -0.132. The smallest absolute Gasteiger partial charge is 0.233 e. The molecule has 1 aliphatic rings. The van der Waals surface area contributed by atoms with Crippen molar-refractivity contribution in [3.8, 4) is 17.1 Å². The van der Waals surface area contributed by atoms with Gasteiger partial charge in [0.05, 0.1) is 29.9 Å². The number of nitrogen functional groups attached to an aromatic ring is 1. The quantitative estimate of drug-likeness (QED) is 0.472. The summed E-state index contributed by atoms with van der Waals surface area (Å²) in [5.41, 5.74) is 0.700. The van der Waals surface area contributed by atoms with Crippen LogP contribution in [0.5, 0.6) is 5.75 Å². The standard InChI is InChI=1S/C19H27N5O4S2/c1-4-13(2)23(14-9-10-30(26,27)12-14)17(25)11-29-19-22-21-18(24(19)20)15-7-5-6-8-16(15)28-3/h5-8,13-14H,4,9-12,20H2,1-3H3/t13-,14-/m0/s1. The average molecular weight is 454 g/mol. The lowest BCUT2D eigenvalue weighted by atomic mass is 10.1. The van der Waals surface area contributed by atoms with Crippen molar-refractivity contribution in [1.29, 1.82) is 0 Å². The first kappa shape index (κ1) is 22.4. The third kappa shape index (κ3) is 4.72. The fourth-order valence-corrected chi connectivity index (χ4v) is 6.03. The maximum Gasteiger partial charge on any atom is 0.233 e. The number of nitrogens with zero attached hydrogens (tertiary/aromatic N) is 4. The number of hydrogen-bond acceptors (Lipinski definition) is 8. The predicted molar refractivity (Wildman–Crippen MR) is 117 cm³/mol. The van der Waals surface area contributed by atoms with Gasteiger partial charge in [0.25, 0.3) is 0 Å². The molecule has 0 spiro atoms. The molecular formula is C19H27N5O4S2. The highest BCUT2D eigenvalue weighted by Gasteiger charge is 2.36. The van der Waals surface area contributed by atoms with Crippen LogP contribution >= 0.6 is 11.8 Å². The minimum atomic E-state index is -3.08. The molecule has 1 aliphatic heterocycles. The van der Waals surface area contributed by atoms with Crippen molar-refractivity contribution in [3.63, 3.8) is 0 Å². The van der Waals surface area contributed by atoms with Crippen LogP contribution in [0.15, 0.2) is 29.4 Å². The highest BCUT2D eigenvalue weighted by Crippen LogP contribution is 2.30. The van der Waals surface area contributed by atoms with Crippen molar-refractivity contribution in [1.82, 2.24) is 19.8 Å². The van der Waals surface area contributed by atoms with Crippen LogP contribution in [-0.2, 0) is 14.6 Å². The molecule has 1 saturated heterocycles. The number of sulfone groups is 1. The molecule has 3 rings (SSSR count). The molecular weight excluding hydrogens is 426 g/mol. The topological polar surface area (TPSA) is 120 Å². The summed E-state index contributed by atoms with van der Waals surface area (Å²) in [6.07, 6.45) is 1.23. The van der Waals surface area contributed by atoms with E-state index < -0.39 is 9.84 Å². The second-order valence-electron chi connectivity index (χ2n) is 7.28. The molecule has 9 nitrogen and oxygen atoms in total. The van der Waals surface area contributed by atoms with Crippen molar-refractivity contribution < 1.29 is 17.9 Å². The molecule has 2 atom stereocenters. The van der Waals surface area contributed by atoms with Crippen LogP contribution in [0.2, 0.25) is 0 Å². The molecule has 30 heavy (non-hydrogen) atoms. The molecule has 11 heteroatoms. The Balaban J connectivity index is 1.74. The van der Waals surface area contributed by atoms with Gasteiger partial charge in [0, 0.05) is 12.1 Å². The Morgan fingerprint density at radius 3 is 2.77 bits per heavy atom. The number of carbonyl (C=O) groups is 1. The summed E-state index contributed by atoms with van der Waals surface area (Å²) >= 11 is 1.18. The number of aromatic nitrogens is 3. The van der Waals surface area contributed by atoms with Crippen LogP contribution in [0.4, 0.5) is 0 Å². The molecule has 2 N–H and O–H groups in total. The SMILES string of the molecule is CC[C@H](C)N(C(=O)CSc1nnc(-c2ccccc2OC)n1N)[C@H]1CCS(=O)(=O)C1. The third-order valence-corrected chi connectivity index (χ3v) is 7.97. The van der Waals surface area contributed by atoms with Crippen LogP contribution in [0, 0.1) is 0 Å². The number of rotatable bonds is 8. The van der Waals surface area contributed by atoms with E-state index in [4.69, 9.17) is 10.6 Å². The number of carbonyl (C=O) groups excluding carboxylic acids is 1. The summed E-state index contributed by atoms with van der Waals surface area (Å²) in [5, 5.41) is 8.66. The second-order valence-corrected chi connectivity index (χ2v) is 10.5. The van der Waals surface area contributed by atoms with Gasteiger partial charge in [-0.15, -0.1) is 10.2 Å². The normalized spacial score (nSPS) is 18.8. The lowest BCUT2D eigenvalue weighted by Crippen LogP contribution is -2.47. The number of nitrogens with two attached hydrogens (primary N) is 1. The van der Waals surface area contributed by atoms with E-state index in [1.807, 2.05) is 32.0 Å². The number of hydrogen-bond donors (Lipinski definition) is 1. The average Bonchev–Trinajstić information content (AvgIpc) is 3.27. The Morgan fingerprint density at radius 2 is 2.13 bits per heavy atom. The molecule has 1 amide bonds. The molecule has 2 heterocycles. The summed E-state index contributed by atoms with van der Waals surface area (Å²) in [5.74, 6) is 7.36. The van der Waals surface area contributed by atoms with Gasteiger partial charge in [-0.2, -0.15) is 0 Å². The van der Waals surface area contributed by atoms with E-state index in [0.717, 1.165) is 6.42 Å². The van der Waals surface area contributed by atoms with E-state index >= 15 is 0 Å². The highest BCUT2D eigenvalue weighted by atomic mass is 32.2. The predicted octanol–water partition coefficient (Wildman–Crippen LogP) is 1.57.